The predicted octanol–water partition coefficient (Wildman–Crippen LogP) is 2.64. The van der Waals surface area contributed by atoms with E-state index >= 15 is 0 Å². The summed E-state index contributed by atoms with van der Waals surface area (Å²) in [4.78, 5) is 0. The normalized spacial score (nSPS) is 10.8. The van der Waals surface area contributed by atoms with E-state index in [0.29, 0.717) is 11.3 Å². The number of rotatable bonds is 2. The Morgan fingerprint density at radius 1 is 1.43 bits per heavy atom. The van der Waals surface area contributed by atoms with Gasteiger partial charge in [-0.2, -0.15) is 5.26 Å². The van der Waals surface area contributed by atoms with Crippen LogP contribution in [0.15, 0.2) is 18.2 Å². The first-order chi connectivity index (χ1) is 6.53. The summed E-state index contributed by atoms with van der Waals surface area (Å²) in [7, 11) is 1.46. The van der Waals surface area contributed by atoms with Crippen molar-refractivity contribution in [3.63, 3.8) is 0 Å². The monoisotopic (exact) mass is 193 g/mol. The Labute approximate surface area is 82.9 Å². The fraction of sp³-hybridized carbons (Fsp3) is 0.364. The van der Waals surface area contributed by atoms with Gasteiger partial charge in [0, 0.05) is 5.56 Å². The second-order valence-electron chi connectivity index (χ2n) is 3.55. The second kappa shape index (κ2) is 3.67. The van der Waals surface area contributed by atoms with Crippen LogP contribution >= 0.6 is 0 Å². The predicted molar refractivity (Wildman–Crippen MR) is 51.6 cm³/mol. The van der Waals surface area contributed by atoms with Crippen LogP contribution < -0.4 is 4.74 Å². The highest BCUT2D eigenvalue weighted by Crippen LogP contribution is 2.33. The van der Waals surface area contributed by atoms with E-state index in [2.05, 4.69) is 6.07 Å². The average molecular weight is 193 g/mol. The van der Waals surface area contributed by atoms with Gasteiger partial charge in [0.1, 0.15) is 11.6 Å². The van der Waals surface area contributed by atoms with Gasteiger partial charge in [-0.3, -0.25) is 0 Å². The lowest BCUT2D eigenvalue weighted by Crippen LogP contribution is -2.17. The average Bonchev–Trinajstić information content (AvgIpc) is 2.17. The molecule has 0 aromatic heterocycles. The van der Waals surface area contributed by atoms with Crippen LogP contribution in [-0.4, -0.2) is 7.11 Å². The Morgan fingerprint density at radius 3 is 2.57 bits per heavy atom. The number of ether oxygens (including phenoxy) is 1. The maximum Gasteiger partial charge on any atom is 0.131 e. The SMILES string of the molecule is COc1cccc(F)c1C(C)(C)C#N. The summed E-state index contributed by atoms with van der Waals surface area (Å²) >= 11 is 0. The summed E-state index contributed by atoms with van der Waals surface area (Å²) in [5, 5.41) is 8.92. The van der Waals surface area contributed by atoms with Crippen molar-refractivity contribution in [1.29, 1.82) is 5.26 Å². The van der Waals surface area contributed by atoms with E-state index in [0.717, 1.165) is 0 Å². The molecule has 0 unspecified atom stereocenters. The Bertz CT molecular complexity index is 379. The highest BCUT2D eigenvalue weighted by atomic mass is 19.1. The maximum absolute atomic E-state index is 13.5. The van der Waals surface area contributed by atoms with Crippen molar-refractivity contribution >= 4 is 0 Å². The van der Waals surface area contributed by atoms with E-state index in [1.807, 2.05) is 0 Å². The van der Waals surface area contributed by atoms with E-state index < -0.39 is 11.2 Å². The van der Waals surface area contributed by atoms with Crippen LogP contribution in [0, 0.1) is 17.1 Å². The highest BCUT2D eigenvalue weighted by molar-refractivity contribution is 5.43. The number of methoxy groups -OCH3 is 1. The summed E-state index contributed by atoms with van der Waals surface area (Å²) in [5.41, 5.74) is -0.568. The Morgan fingerprint density at radius 2 is 2.07 bits per heavy atom. The van der Waals surface area contributed by atoms with Gasteiger partial charge in [-0.1, -0.05) is 6.07 Å². The minimum atomic E-state index is -0.878. The molecule has 0 fully saturated rings. The lowest BCUT2D eigenvalue weighted by Gasteiger charge is -2.19. The van der Waals surface area contributed by atoms with Crippen molar-refractivity contribution in [3.05, 3.63) is 29.6 Å². The van der Waals surface area contributed by atoms with Crippen molar-refractivity contribution in [2.75, 3.05) is 7.11 Å². The van der Waals surface area contributed by atoms with Gasteiger partial charge in [-0.25, -0.2) is 4.39 Å². The Hall–Kier alpha value is -1.56. The summed E-state index contributed by atoms with van der Waals surface area (Å²) in [6.07, 6.45) is 0. The number of hydrogen-bond donors (Lipinski definition) is 0. The smallest absolute Gasteiger partial charge is 0.131 e. The molecule has 0 heterocycles. The van der Waals surface area contributed by atoms with Gasteiger partial charge in [0.05, 0.1) is 18.6 Å². The molecule has 14 heavy (non-hydrogen) atoms. The van der Waals surface area contributed by atoms with Gasteiger partial charge in [0.2, 0.25) is 0 Å². The number of hydrogen-bond acceptors (Lipinski definition) is 2. The van der Waals surface area contributed by atoms with Gasteiger partial charge in [0.15, 0.2) is 0 Å². The number of benzene rings is 1. The Balaban J connectivity index is 3.40. The molecule has 0 saturated carbocycles. The van der Waals surface area contributed by atoms with Crippen molar-refractivity contribution in [3.8, 4) is 11.8 Å². The zero-order valence-corrected chi connectivity index (χ0v) is 8.47. The standard InChI is InChI=1S/C11H12FNO/c1-11(2,7-13)10-8(12)5-4-6-9(10)14-3/h4-6H,1-3H3. The first kappa shape index (κ1) is 10.5. The molecule has 74 valence electrons. The van der Waals surface area contributed by atoms with Crippen LogP contribution in [0.25, 0.3) is 0 Å². The second-order valence-corrected chi connectivity index (χ2v) is 3.55. The van der Waals surface area contributed by atoms with Crippen molar-refractivity contribution in [1.82, 2.24) is 0 Å². The molecular formula is C11H12FNO. The summed E-state index contributed by atoms with van der Waals surface area (Å²) in [5.74, 6) is 0.00690. The minimum Gasteiger partial charge on any atom is -0.496 e. The molecule has 0 aliphatic carbocycles. The molecule has 0 bridgehead atoms. The zero-order chi connectivity index (χ0) is 10.8. The van der Waals surface area contributed by atoms with Crippen LogP contribution in [0.4, 0.5) is 4.39 Å². The van der Waals surface area contributed by atoms with E-state index in [4.69, 9.17) is 10.00 Å². The molecule has 0 radical (unpaired) electrons. The van der Waals surface area contributed by atoms with Crippen molar-refractivity contribution in [2.45, 2.75) is 19.3 Å². The van der Waals surface area contributed by atoms with E-state index in [1.54, 1.807) is 26.0 Å². The highest BCUT2D eigenvalue weighted by Gasteiger charge is 2.27. The van der Waals surface area contributed by atoms with Crippen LogP contribution in [0.1, 0.15) is 19.4 Å². The third-order valence-electron chi connectivity index (χ3n) is 2.10. The minimum absolute atomic E-state index is 0.310. The molecule has 0 aliphatic heterocycles. The van der Waals surface area contributed by atoms with Gasteiger partial charge in [0.25, 0.3) is 0 Å². The summed E-state index contributed by atoms with van der Waals surface area (Å²) in [6.45, 7) is 3.32. The van der Waals surface area contributed by atoms with E-state index in [1.165, 1.54) is 13.2 Å². The molecule has 0 amide bonds. The largest absolute Gasteiger partial charge is 0.496 e. The first-order valence-electron chi connectivity index (χ1n) is 4.27. The molecular weight excluding hydrogens is 181 g/mol. The Kier molecular flexibility index (Phi) is 2.76. The van der Waals surface area contributed by atoms with Crippen LogP contribution in [0.3, 0.4) is 0 Å². The van der Waals surface area contributed by atoms with Gasteiger partial charge >= 0.3 is 0 Å². The molecule has 1 aromatic carbocycles. The molecule has 0 N–H and O–H groups in total. The molecule has 0 saturated heterocycles. The third-order valence-corrected chi connectivity index (χ3v) is 2.10. The van der Waals surface area contributed by atoms with E-state index in [9.17, 15) is 4.39 Å². The summed E-state index contributed by atoms with van der Waals surface area (Å²) < 4.78 is 18.5. The quantitative estimate of drug-likeness (QED) is 0.723. The summed E-state index contributed by atoms with van der Waals surface area (Å²) in [6, 6.07) is 6.59. The lowest BCUT2D eigenvalue weighted by molar-refractivity contribution is 0.395. The van der Waals surface area contributed by atoms with Gasteiger partial charge in [-0.15, -0.1) is 0 Å². The van der Waals surface area contributed by atoms with Gasteiger partial charge in [-0.05, 0) is 26.0 Å². The number of nitriles is 1. The van der Waals surface area contributed by atoms with Crippen molar-refractivity contribution in [2.24, 2.45) is 0 Å². The molecule has 0 aliphatic rings. The third kappa shape index (κ3) is 1.69. The lowest BCUT2D eigenvalue weighted by atomic mass is 9.85. The first-order valence-corrected chi connectivity index (χ1v) is 4.27. The molecule has 3 heteroatoms. The van der Waals surface area contributed by atoms with Crippen molar-refractivity contribution < 1.29 is 9.13 Å². The topological polar surface area (TPSA) is 33.0 Å². The van der Waals surface area contributed by atoms with Crippen LogP contribution in [-0.2, 0) is 5.41 Å². The fourth-order valence-electron chi connectivity index (χ4n) is 1.34. The molecule has 1 rings (SSSR count). The van der Waals surface area contributed by atoms with E-state index in [-0.39, 0.29) is 0 Å². The zero-order valence-electron chi connectivity index (χ0n) is 8.47. The number of nitrogens with zero attached hydrogens (tertiary/aromatic N) is 1. The molecule has 1 aromatic rings. The molecule has 0 spiro atoms. The fourth-order valence-corrected chi connectivity index (χ4v) is 1.34. The number of halogens is 1. The van der Waals surface area contributed by atoms with Crippen LogP contribution in [0.5, 0.6) is 5.75 Å². The maximum atomic E-state index is 13.5. The molecule has 0 atom stereocenters. The molecule has 2 nitrogen and oxygen atoms in total. The van der Waals surface area contributed by atoms with Crippen LogP contribution in [0.2, 0.25) is 0 Å². The van der Waals surface area contributed by atoms with Gasteiger partial charge < -0.3 is 4.74 Å².